The summed E-state index contributed by atoms with van der Waals surface area (Å²) in [5.41, 5.74) is 0.694. The zero-order valence-electron chi connectivity index (χ0n) is 19.5. The van der Waals surface area contributed by atoms with E-state index in [0.29, 0.717) is 12.0 Å². The lowest BCUT2D eigenvalue weighted by Crippen LogP contribution is -2.67. The number of ether oxygens (including phenoxy) is 2. The molecule has 3 aliphatic heterocycles. The van der Waals surface area contributed by atoms with E-state index < -0.39 is 16.4 Å². The summed E-state index contributed by atoms with van der Waals surface area (Å²) in [6, 6.07) is 8.04. The Morgan fingerprint density at radius 3 is 2.58 bits per heavy atom. The van der Waals surface area contributed by atoms with Crippen molar-refractivity contribution in [1.82, 2.24) is 4.90 Å². The summed E-state index contributed by atoms with van der Waals surface area (Å²) in [6.07, 6.45) is 3.85. The fourth-order valence-electron chi connectivity index (χ4n) is 6.75. The Hall–Kier alpha value is -2.34. The van der Waals surface area contributed by atoms with Crippen molar-refractivity contribution in [3.63, 3.8) is 0 Å². The third-order valence-electron chi connectivity index (χ3n) is 8.98. The van der Waals surface area contributed by atoms with Crippen molar-refractivity contribution < 1.29 is 19.1 Å². The van der Waals surface area contributed by atoms with Gasteiger partial charge in [-0.1, -0.05) is 39.0 Å². The quantitative estimate of drug-likeness (QED) is 0.450. The first-order valence-corrected chi connectivity index (χ1v) is 11.1. The number of anilines is 1. The molecule has 1 N–H and O–H groups in total. The summed E-state index contributed by atoms with van der Waals surface area (Å²) >= 11 is 0. The second-order valence-corrected chi connectivity index (χ2v) is 10.0. The van der Waals surface area contributed by atoms with Crippen LogP contribution in [0, 0.1) is 10.8 Å². The Labute approximate surface area is 185 Å². The highest BCUT2D eigenvalue weighted by Gasteiger charge is 2.70. The number of methoxy groups -OCH3 is 2. The third kappa shape index (κ3) is 2.60. The Kier molecular flexibility index (Phi) is 5.00. The van der Waals surface area contributed by atoms with Crippen molar-refractivity contribution in [3.05, 3.63) is 41.7 Å². The smallest absolute Gasteiger partial charge is 0.337 e. The van der Waals surface area contributed by atoms with Crippen LogP contribution >= 0.6 is 0 Å². The van der Waals surface area contributed by atoms with Gasteiger partial charge in [0.1, 0.15) is 0 Å². The largest absolute Gasteiger partial charge is 0.504 e. The monoisotopic (exact) mass is 426 g/mol. The zero-order chi connectivity index (χ0) is 22.7. The average Bonchev–Trinajstić information content (AvgIpc) is 3.20. The number of carbonyl (C=O) groups is 2. The summed E-state index contributed by atoms with van der Waals surface area (Å²) in [6.45, 7) is 10.4. The molecule has 3 unspecified atom stereocenters. The zero-order valence-corrected chi connectivity index (χ0v) is 19.5. The highest BCUT2D eigenvalue weighted by atomic mass is 16.5. The summed E-state index contributed by atoms with van der Waals surface area (Å²) < 4.78 is 10.5. The molecule has 1 spiro atoms. The average molecular weight is 427 g/mol. The van der Waals surface area contributed by atoms with E-state index in [0.717, 1.165) is 37.2 Å². The van der Waals surface area contributed by atoms with E-state index in [1.807, 2.05) is 18.2 Å². The van der Waals surface area contributed by atoms with Crippen LogP contribution in [0.4, 0.5) is 5.69 Å². The third-order valence-corrected chi connectivity index (χ3v) is 8.98. The van der Waals surface area contributed by atoms with Gasteiger partial charge in [-0.2, -0.15) is 0 Å². The molecule has 2 fully saturated rings. The van der Waals surface area contributed by atoms with Crippen molar-refractivity contribution in [1.29, 1.82) is 0 Å². The molecule has 6 heteroatoms. The number of hydrogen-bond donors (Lipinski definition) is 1. The van der Waals surface area contributed by atoms with E-state index in [2.05, 4.69) is 44.0 Å². The van der Waals surface area contributed by atoms with Gasteiger partial charge in [0.05, 0.1) is 31.5 Å². The summed E-state index contributed by atoms with van der Waals surface area (Å²) in [5, 5.41) is 3.14. The molecule has 2 saturated heterocycles. The van der Waals surface area contributed by atoms with Crippen molar-refractivity contribution in [2.24, 2.45) is 10.8 Å². The van der Waals surface area contributed by atoms with Gasteiger partial charge in [0, 0.05) is 29.7 Å². The molecule has 0 bridgehead atoms. The van der Waals surface area contributed by atoms with Crippen LogP contribution in [0.1, 0.15) is 52.5 Å². The number of hydrogen-bond acceptors (Lipinski definition) is 5. The normalized spacial score (nSPS) is 37.4. The first kappa shape index (κ1) is 21.9. The topological polar surface area (TPSA) is 67.9 Å². The van der Waals surface area contributed by atoms with Crippen LogP contribution in [0.15, 0.2) is 36.1 Å². The molecule has 0 saturated carbocycles. The van der Waals surface area contributed by atoms with Crippen molar-refractivity contribution >= 4 is 17.6 Å². The van der Waals surface area contributed by atoms with E-state index in [1.165, 1.54) is 7.11 Å². The molecule has 0 radical (unpaired) electrons. The van der Waals surface area contributed by atoms with Crippen molar-refractivity contribution in [2.45, 2.75) is 57.9 Å². The van der Waals surface area contributed by atoms with Crippen LogP contribution in [0.25, 0.3) is 0 Å². The van der Waals surface area contributed by atoms with E-state index in [9.17, 15) is 9.59 Å². The van der Waals surface area contributed by atoms with Crippen LogP contribution in [-0.4, -0.2) is 49.6 Å². The summed E-state index contributed by atoms with van der Waals surface area (Å²) in [5.74, 6) is -0.305. The minimum Gasteiger partial charge on any atom is -0.504 e. The van der Waals surface area contributed by atoms with Gasteiger partial charge in [-0.25, -0.2) is 4.79 Å². The van der Waals surface area contributed by atoms with E-state index >= 15 is 0 Å². The maximum Gasteiger partial charge on any atom is 0.337 e. The van der Waals surface area contributed by atoms with E-state index in [4.69, 9.17) is 9.47 Å². The fourth-order valence-corrected chi connectivity index (χ4v) is 6.75. The molecule has 1 amide bonds. The first-order valence-electron chi connectivity index (χ1n) is 11.1. The van der Waals surface area contributed by atoms with Gasteiger partial charge in [0.15, 0.2) is 0 Å². The van der Waals surface area contributed by atoms with E-state index in [-0.39, 0.29) is 17.3 Å². The lowest BCUT2D eigenvalue weighted by Gasteiger charge is -2.61. The van der Waals surface area contributed by atoms with Gasteiger partial charge in [0.2, 0.25) is 5.91 Å². The number of fused-ring (bicyclic) bond motifs is 4. The van der Waals surface area contributed by atoms with Gasteiger partial charge in [-0.15, -0.1) is 0 Å². The standard InChI is InChI=1S/C25H34N2O4/c1-7-22(2)16-27-13-12-25(17-10-8-9-11-19(17)26-21(25)29)24(27,4)15-23(22,3)18(14-30-5)20(28)31-6/h8-11,14H,7,12-13,15-16H2,1-6H3,(H,26,29)/t22-,23?,24?,25?/m0/s1. The number of rotatable bonds is 4. The molecule has 0 aromatic heterocycles. The van der Waals surface area contributed by atoms with Gasteiger partial charge in [-0.3, -0.25) is 9.69 Å². The number of piperidine rings is 1. The number of esters is 1. The lowest BCUT2D eigenvalue weighted by atomic mass is 9.49. The van der Waals surface area contributed by atoms with Gasteiger partial charge in [0.25, 0.3) is 0 Å². The SMILES string of the molecule is CC[C@@]1(C)CN2CCC3(C(=O)Nc4ccccc43)C2(C)CC1(C)C(=COC)C(=O)OC. The number of amides is 1. The van der Waals surface area contributed by atoms with Crippen LogP contribution in [0.5, 0.6) is 0 Å². The molecule has 4 rings (SSSR count). The number of benzene rings is 1. The Morgan fingerprint density at radius 1 is 1.23 bits per heavy atom. The molecule has 1 aromatic carbocycles. The molecule has 3 heterocycles. The molecule has 3 aliphatic rings. The number of carbonyl (C=O) groups excluding carboxylic acids is 2. The maximum absolute atomic E-state index is 13.6. The maximum atomic E-state index is 13.6. The van der Waals surface area contributed by atoms with Crippen molar-refractivity contribution in [2.75, 3.05) is 32.6 Å². The van der Waals surface area contributed by atoms with E-state index in [1.54, 1.807) is 13.4 Å². The molecule has 4 atom stereocenters. The van der Waals surface area contributed by atoms with Crippen LogP contribution < -0.4 is 5.32 Å². The lowest BCUT2D eigenvalue weighted by molar-refractivity contribution is -0.144. The molecule has 6 nitrogen and oxygen atoms in total. The predicted octanol–water partition coefficient (Wildman–Crippen LogP) is 3.87. The van der Waals surface area contributed by atoms with Crippen LogP contribution in [0.2, 0.25) is 0 Å². The molecule has 168 valence electrons. The highest BCUT2D eigenvalue weighted by Crippen LogP contribution is 2.65. The number of nitrogens with zero attached hydrogens (tertiary/aromatic N) is 1. The van der Waals surface area contributed by atoms with Gasteiger partial charge in [-0.05, 0) is 43.2 Å². The Balaban J connectivity index is 1.91. The Morgan fingerprint density at radius 2 is 1.94 bits per heavy atom. The Bertz CT molecular complexity index is 959. The fraction of sp³-hybridized carbons (Fsp3) is 0.600. The van der Waals surface area contributed by atoms with Crippen LogP contribution in [-0.2, 0) is 24.5 Å². The number of nitrogens with one attached hydrogen (secondary N) is 1. The molecular weight excluding hydrogens is 392 g/mol. The van der Waals surface area contributed by atoms with Crippen molar-refractivity contribution in [3.8, 4) is 0 Å². The molecule has 0 aliphatic carbocycles. The molecular formula is C25H34N2O4. The minimum atomic E-state index is -0.645. The summed E-state index contributed by atoms with van der Waals surface area (Å²) in [7, 11) is 2.97. The summed E-state index contributed by atoms with van der Waals surface area (Å²) in [4.78, 5) is 29.0. The minimum absolute atomic E-state index is 0.0662. The number of para-hydroxylation sites is 1. The first-order chi connectivity index (χ1) is 14.6. The molecule has 1 aromatic rings. The van der Waals surface area contributed by atoms with Gasteiger partial charge < -0.3 is 14.8 Å². The molecule has 31 heavy (non-hydrogen) atoms. The second kappa shape index (κ2) is 7.09. The van der Waals surface area contributed by atoms with Gasteiger partial charge >= 0.3 is 5.97 Å². The highest BCUT2D eigenvalue weighted by molar-refractivity contribution is 6.07. The predicted molar refractivity (Wildman–Crippen MR) is 120 cm³/mol. The second-order valence-electron chi connectivity index (χ2n) is 10.0. The van der Waals surface area contributed by atoms with Crippen LogP contribution in [0.3, 0.4) is 0 Å².